The van der Waals surface area contributed by atoms with Crippen molar-refractivity contribution in [1.29, 1.82) is 0 Å². The van der Waals surface area contributed by atoms with Gasteiger partial charge in [-0.2, -0.15) is 0 Å². The van der Waals surface area contributed by atoms with Crippen LogP contribution in [0.5, 0.6) is 0 Å². The molecule has 2 aliphatic rings. The Labute approximate surface area is 190 Å². The third-order valence-corrected chi connectivity index (χ3v) is 7.54. The highest BCUT2D eigenvalue weighted by Gasteiger charge is 2.37. The third-order valence-electron chi connectivity index (χ3n) is 6.81. The number of ether oxygens (including phenoxy) is 1. The van der Waals surface area contributed by atoms with E-state index in [4.69, 9.17) is 4.74 Å². The molecule has 1 saturated carbocycles. The van der Waals surface area contributed by atoms with E-state index < -0.39 is 10.0 Å². The van der Waals surface area contributed by atoms with E-state index >= 15 is 0 Å². The van der Waals surface area contributed by atoms with Gasteiger partial charge in [-0.3, -0.25) is 9.36 Å². The molecule has 8 heteroatoms. The molecule has 2 fully saturated rings. The van der Waals surface area contributed by atoms with E-state index in [1.165, 1.54) is 17.9 Å². The predicted octanol–water partition coefficient (Wildman–Crippen LogP) is 2.62. The summed E-state index contributed by atoms with van der Waals surface area (Å²) < 4.78 is 34.6. The summed E-state index contributed by atoms with van der Waals surface area (Å²) in [5.41, 5.74) is 1.32. The molecular weight excluding hydrogens is 426 g/mol. The normalized spacial score (nSPS) is 26.4. The van der Waals surface area contributed by atoms with Crippen molar-refractivity contribution in [3.63, 3.8) is 0 Å². The number of hydrogen-bond acceptors (Lipinski definition) is 5. The Morgan fingerprint density at radius 3 is 2.41 bits per heavy atom. The summed E-state index contributed by atoms with van der Waals surface area (Å²) in [5, 5.41) is 0. The zero-order valence-corrected chi connectivity index (χ0v) is 19.6. The molecule has 1 aromatic heterocycles. The number of sulfonamides is 1. The van der Waals surface area contributed by atoms with Gasteiger partial charge in [0, 0.05) is 25.7 Å². The number of hydrogen-bond donors (Lipinski definition) is 1. The Bertz CT molecular complexity index is 1060. The lowest BCUT2D eigenvalue weighted by Gasteiger charge is -2.34. The third kappa shape index (κ3) is 5.42. The fourth-order valence-corrected chi connectivity index (χ4v) is 5.95. The first-order valence-electron chi connectivity index (χ1n) is 11.4. The number of rotatable bonds is 7. The zero-order chi connectivity index (χ0) is 22.7. The van der Waals surface area contributed by atoms with Crippen molar-refractivity contribution in [3.8, 4) is 0 Å². The first kappa shape index (κ1) is 23.0. The summed E-state index contributed by atoms with van der Waals surface area (Å²) in [4.78, 5) is 14.3. The van der Waals surface area contributed by atoms with E-state index in [0.717, 1.165) is 31.5 Å². The molecule has 1 saturated heterocycles. The van der Waals surface area contributed by atoms with Crippen LogP contribution in [0.2, 0.25) is 0 Å². The highest BCUT2D eigenvalue weighted by atomic mass is 32.2. The molecule has 7 nitrogen and oxygen atoms in total. The van der Waals surface area contributed by atoms with Gasteiger partial charge < -0.3 is 9.64 Å². The lowest BCUT2D eigenvalue weighted by atomic mass is 9.83. The Balaban J connectivity index is 1.43. The summed E-state index contributed by atoms with van der Waals surface area (Å²) >= 11 is 0. The molecule has 1 N–H and O–H groups in total. The predicted molar refractivity (Wildman–Crippen MR) is 127 cm³/mol. The number of benzene rings is 1. The van der Waals surface area contributed by atoms with Crippen LogP contribution in [0.1, 0.15) is 43.6 Å². The molecule has 0 radical (unpaired) electrons. The van der Waals surface area contributed by atoms with Gasteiger partial charge in [-0.05, 0) is 49.7 Å². The van der Waals surface area contributed by atoms with Gasteiger partial charge in [0.2, 0.25) is 10.0 Å². The summed E-state index contributed by atoms with van der Waals surface area (Å²) in [6.07, 6.45) is 6.24. The minimum Gasteiger partial charge on any atom is -0.376 e. The first-order chi connectivity index (χ1) is 15.3. The average Bonchev–Trinajstić information content (AvgIpc) is 3.15. The maximum Gasteiger partial charge on any atom is 0.251 e. The molecule has 174 valence electrons. The molecule has 0 amide bonds. The van der Waals surface area contributed by atoms with Crippen molar-refractivity contribution < 1.29 is 13.2 Å². The second-order valence-corrected chi connectivity index (χ2v) is 10.8. The molecular formula is C24H33N3O4S. The molecule has 32 heavy (non-hydrogen) atoms. The molecule has 2 aromatic rings. The maximum absolute atomic E-state index is 12.2. The molecule has 0 bridgehead atoms. The highest BCUT2D eigenvalue weighted by Crippen LogP contribution is 2.34. The van der Waals surface area contributed by atoms with Crippen LogP contribution in [-0.2, 0) is 21.8 Å². The van der Waals surface area contributed by atoms with Crippen molar-refractivity contribution >= 4 is 15.8 Å². The fourth-order valence-electron chi connectivity index (χ4n) is 5.12. The second kappa shape index (κ2) is 9.77. The van der Waals surface area contributed by atoms with E-state index in [2.05, 4.69) is 40.0 Å². The Morgan fingerprint density at radius 1 is 1.00 bits per heavy atom. The quantitative estimate of drug-likeness (QED) is 0.689. The van der Waals surface area contributed by atoms with Crippen molar-refractivity contribution in [1.82, 2.24) is 9.29 Å². The number of nitrogens with one attached hydrogen (secondary N) is 1. The van der Waals surface area contributed by atoms with Gasteiger partial charge in [0.05, 0.1) is 25.0 Å². The van der Waals surface area contributed by atoms with Crippen LogP contribution in [0.25, 0.3) is 0 Å². The SMILES string of the molecule is Cn1c(N2CC[C@H](NS(C)(=O)=O)[C@@H]2CO[C@H]2CC[C@@H](c3ccccc3)CC2)cccc1=O. The maximum atomic E-state index is 12.2. The van der Waals surface area contributed by atoms with Gasteiger partial charge >= 0.3 is 0 Å². The minimum absolute atomic E-state index is 0.0825. The zero-order valence-electron chi connectivity index (χ0n) is 18.8. The van der Waals surface area contributed by atoms with E-state index in [1.54, 1.807) is 17.7 Å². The average molecular weight is 460 g/mol. The Kier molecular flexibility index (Phi) is 7.02. The fraction of sp³-hybridized carbons (Fsp3) is 0.542. The first-order valence-corrected chi connectivity index (χ1v) is 13.3. The minimum atomic E-state index is -3.35. The number of anilines is 1. The van der Waals surface area contributed by atoms with Gasteiger partial charge in [0.1, 0.15) is 5.82 Å². The Morgan fingerprint density at radius 2 is 1.72 bits per heavy atom. The van der Waals surface area contributed by atoms with Gasteiger partial charge in [-0.15, -0.1) is 0 Å². The molecule has 4 rings (SSSR count). The molecule has 0 unspecified atom stereocenters. The van der Waals surface area contributed by atoms with E-state index in [-0.39, 0.29) is 23.7 Å². The van der Waals surface area contributed by atoms with Crippen molar-refractivity contribution in [2.75, 3.05) is 24.3 Å². The van der Waals surface area contributed by atoms with Crippen molar-refractivity contribution in [2.24, 2.45) is 7.05 Å². The van der Waals surface area contributed by atoms with Crippen molar-refractivity contribution in [3.05, 3.63) is 64.4 Å². The molecule has 0 spiro atoms. The summed E-state index contributed by atoms with van der Waals surface area (Å²) in [5.74, 6) is 1.37. The number of pyridine rings is 1. The lowest BCUT2D eigenvalue weighted by Crippen LogP contribution is -2.48. The molecule has 1 aliphatic carbocycles. The van der Waals surface area contributed by atoms with E-state index in [1.807, 2.05) is 6.07 Å². The summed E-state index contributed by atoms with van der Waals surface area (Å²) in [7, 11) is -1.60. The summed E-state index contributed by atoms with van der Waals surface area (Å²) in [6, 6.07) is 15.4. The number of aromatic nitrogens is 1. The second-order valence-electron chi connectivity index (χ2n) is 9.04. The van der Waals surface area contributed by atoms with Gasteiger partial charge in [-0.25, -0.2) is 13.1 Å². The molecule has 2 atom stereocenters. The van der Waals surface area contributed by atoms with E-state index in [9.17, 15) is 13.2 Å². The van der Waals surface area contributed by atoms with Crippen LogP contribution < -0.4 is 15.2 Å². The monoisotopic (exact) mass is 459 g/mol. The van der Waals surface area contributed by atoms with Gasteiger partial charge in [-0.1, -0.05) is 36.4 Å². The molecule has 2 heterocycles. The van der Waals surface area contributed by atoms with Crippen LogP contribution in [0.15, 0.2) is 53.3 Å². The molecule has 1 aromatic carbocycles. The number of nitrogens with zero attached hydrogens (tertiary/aromatic N) is 2. The molecule has 1 aliphatic heterocycles. The van der Waals surface area contributed by atoms with Crippen LogP contribution in [-0.4, -0.2) is 50.6 Å². The van der Waals surface area contributed by atoms with Crippen LogP contribution in [0.4, 0.5) is 5.82 Å². The van der Waals surface area contributed by atoms with Crippen LogP contribution >= 0.6 is 0 Å². The van der Waals surface area contributed by atoms with E-state index in [0.29, 0.717) is 25.5 Å². The largest absolute Gasteiger partial charge is 0.376 e. The lowest BCUT2D eigenvalue weighted by molar-refractivity contribution is 0.0155. The topological polar surface area (TPSA) is 80.6 Å². The van der Waals surface area contributed by atoms with Crippen molar-refractivity contribution in [2.45, 2.75) is 56.2 Å². The Hall–Kier alpha value is -2.16. The highest BCUT2D eigenvalue weighted by molar-refractivity contribution is 7.88. The van der Waals surface area contributed by atoms with Crippen LogP contribution in [0, 0.1) is 0 Å². The summed E-state index contributed by atoms with van der Waals surface area (Å²) in [6.45, 7) is 1.09. The standard InChI is InChI=1S/C24H33N3O4S/c1-26-23(9-6-10-24(26)28)27-16-15-21(25-32(2,29)30)22(27)17-31-20-13-11-19(12-14-20)18-7-4-3-5-8-18/h3-10,19-22,25H,11-17H2,1-2H3/t19-,20+,21-,22-/m0/s1. The van der Waals surface area contributed by atoms with Crippen LogP contribution in [0.3, 0.4) is 0 Å². The smallest absolute Gasteiger partial charge is 0.251 e. The van der Waals surface area contributed by atoms with Gasteiger partial charge in [0.25, 0.3) is 5.56 Å². The van der Waals surface area contributed by atoms with Gasteiger partial charge in [0.15, 0.2) is 0 Å².